The molecule has 0 unspecified atom stereocenters. The molecule has 4 nitrogen and oxygen atoms in total. The van der Waals surface area contributed by atoms with E-state index >= 15 is 0 Å². The molecule has 19 heavy (non-hydrogen) atoms. The molecule has 0 aromatic rings. The number of rotatable bonds is 2. The van der Waals surface area contributed by atoms with Crippen LogP contribution in [-0.2, 0) is 4.79 Å². The molecule has 3 rings (SSSR count). The summed E-state index contributed by atoms with van der Waals surface area (Å²) in [5.74, 6) is 1.66. The van der Waals surface area contributed by atoms with Gasteiger partial charge in [0.1, 0.15) is 0 Å². The normalized spacial score (nSPS) is 34.5. The average Bonchev–Trinajstić information content (AvgIpc) is 3.01. The third kappa shape index (κ3) is 2.71. The highest BCUT2D eigenvalue weighted by Gasteiger charge is 2.40. The Morgan fingerprint density at radius 3 is 2.42 bits per heavy atom. The Balaban J connectivity index is 1.48. The summed E-state index contributed by atoms with van der Waals surface area (Å²) in [7, 11) is 0. The number of nitrogens with zero attached hydrogens (tertiary/aromatic N) is 1. The van der Waals surface area contributed by atoms with E-state index in [9.17, 15) is 4.79 Å². The van der Waals surface area contributed by atoms with Gasteiger partial charge in [-0.05, 0) is 56.2 Å². The maximum atomic E-state index is 11.2. The second-order valence-electron chi connectivity index (χ2n) is 6.39. The number of carbonyl (C=O) groups is 1. The lowest BCUT2D eigenvalue weighted by Crippen LogP contribution is -2.50. The molecule has 1 amide bonds. The molecule has 5 heteroatoms. The SMILES string of the molecule is NC(=O)C1CCN(C(=S)N[C@H]2C[C@H]3CC[C@@H]2C3)CC1. The van der Waals surface area contributed by atoms with Crippen molar-refractivity contribution in [2.45, 2.75) is 44.6 Å². The van der Waals surface area contributed by atoms with Crippen molar-refractivity contribution in [3.8, 4) is 0 Å². The van der Waals surface area contributed by atoms with E-state index in [1.165, 1.54) is 25.7 Å². The van der Waals surface area contributed by atoms with Gasteiger partial charge in [0.25, 0.3) is 0 Å². The van der Waals surface area contributed by atoms with Gasteiger partial charge in [-0.1, -0.05) is 6.42 Å². The van der Waals surface area contributed by atoms with E-state index in [0.717, 1.165) is 42.9 Å². The third-order valence-electron chi connectivity index (χ3n) is 5.23. The van der Waals surface area contributed by atoms with Crippen molar-refractivity contribution in [1.82, 2.24) is 10.2 Å². The van der Waals surface area contributed by atoms with Crippen molar-refractivity contribution in [3.05, 3.63) is 0 Å². The fourth-order valence-electron chi connectivity index (χ4n) is 4.04. The minimum atomic E-state index is -0.161. The Labute approximate surface area is 120 Å². The van der Waals surface area contributed by atoms with E-state index in [2.05, 4.69) is 10.2 Å². The van der Waals surface area contributed by atoms with Crippen molar-refractivity contribution in [2.24, 2.45) is 23.5 Å². The number of hydrogen-bond donors (Lipinski definition) is 2. The summed E-state index contributed by atoms with van der Waals surface area (Å²) in [6.07, 6.45) is 7.16. The van der Waals surface area contributed by atoms with Crippen LogP contribution in [-0.4, -0.2) is 35.1 Å². The van der Waals surface area contributed by atoms with Crippen LogP contribution in [0.4, 0.5) is 0 Å². The van der Waals surface area contributed by atoms with Crippen LogP contribution in [0, 0.1) is 17.8 Å². The van der Waals surface area contributed by atoms with E-state index in [1.54, 1.807) is 0 Å². The molecular weight excluding hydrogens is 258 g/mol. The highest BCUT2D eigenvalue weighted by atomic mass is 32.1. The number of carbonyl (C=O) groups excluding carboxylic acids is 1. The molecule has 3 fully saturated rings. The first-order chi connectivity index (χ1) is 9.13. The third-order valence-corrected chi connectivity index (χ3v) is 5.61. The summed E-state index contributed by atoms with van der Waals surface area (Å²) in [6, 6.07) is 0.597. The fraction of sp³-hybridized carbons (Fsp3) is 0.857. The van der Waals surface area contributed by atoms with Gasteiger partial charge in [-0.25, -0.2) is 0 Å². The first-order valence-corrected chi connectivity index (χ1v) is 7.89. The molecule has 1 heterocycles. The van der Waals surface area contributed by atoms with Gasteiger partial charge in [0, 0.05) is 25.0 Å². The molecule has 3 aliphatic rings. The molecule has 1 saturated heterocycles. The topological polar surface area (TPSA) is 58.4 Å². The maximum absolute atomic E-state index is 11.2. The number of piperidine rings is 1. The van der Waals surface area contributed by atoms with Crippen molar-refractivity contribution in [3.63, 3.8) is 0 Å². The molecule has 3 atom stereocenters. The van der Waals surface area contributed by atoms with Gasteiger partial charge in [-0.2, -0.15) is 0 Å². The van der Waals surface area contributed by atoms with E-state index in [0.29, 0.717) is 6.04 Å². The number of nitrogens with one attached hydrogen (secondary N) is 1. The van der Waals surface area contributed by atoms with Crippen LogP contribution in [0.1, 0.15) is 38.5 Å². The lowest BCUT2D eigenvalue weighted by Gasteiger charge is -2.35. The van der Waals surface area contributed by atoms with Gasteiger partial charge in [-0.3, -0.25) is 4.79 Å². The van der Waals surface area contributed by atoms with Crippen molar-refractivity contribution in [2.75, 3.05) is 13.1 Å². The van der Waals surface area contributed by atoms with Crippen LogP contribution in [0.25, 0.3) is 0 Å². The summed E-state index contributed by atoms with van der Waals surface area (Å²) < 4.78 is 0. The van der Waals surface area contributed by atoms with Crippen LogP contribution < -0.4 is 11.1 Å². The number of primary amides is 1. The molecular formula is C14H23N3OS. The van der Waals surface area contributed by atoms with E-state index in [4.69, 9.17) is 18.0 Å². The zero-order valence-corrected chi connectivity index (χ0v) is 12.1. The molecule has 0 aromatic carbocycles. The van der Waals surface area contributed by atoms with E-state index in [-0.39, 0.29) is 11.8 Å². The summed E-state index contributed by atoms with van der Waals surface area (Å²) >= 11 is 5.53. The molecule has 106 valence electrons. The zero-order chi connectivity index (χ0) is 13.4. The van der Waals surface area contributed by atoms with Gasteiger partial charge >= 0.3 is 0 Å². The first-order valence-electron chi connectivity index (χ1n) is 7.48. The lowest BCUT2D eigenvalue weighted by molar-refractivity contribution is -0.122. The summed E-state index contributed by atoms with van der Waals surface area (Å²) in [5, 5.41) is 4.45. The van der Waals surface area contributed by atoms with Crippen molar-refractivity contribution in [1.29, 1.82) is 0 Å². The molecule has 2 aliphatic carbocycles. The minimum absolute atomic E-state index is 0.0431. The van der Waals surface area contributed by atoms with Crippen molar-refractivity contribution < 1.29 is 4.79 Å². The number of likely N-dealkylation sites (tertiary alicyclic amines) is 1. The number of fused-ring (bicyclic) bond motifs is 2. The Bertz CT molecular complexity index is 379. The highest BCUT2D eigenvalue weighted by Crippen LogP contribution is 2.44. The molecule has 0 spiro atoms. The van der Waals surface area contributed by atoms with Crippen LogP contribution in [0.3, 0.4) is 0 Å². The summed E-state index contributed by atoms with van der Waals surface area (Å²) in [5.41, 5.74) is 5.36. The first kappa shape index (κ1) is 13.2. The quantitative estimate of drug-likeness (QED) is 0.748. The second-order valence-corrected chi connectivity index (χ2v) is 6.78. The summed E-state index contributed by atoms with van der Waals surface area (Å²) in [6.45, 7) is 1.72. The van der Waals surface area contributed by atoms with Gasteiger partial charge < -0.3 is 16.0 Å². The number of hydrogen-bond acceptors (Lipinski definition) is 2. The second kappa shape index (κ2) is 5.27. The molecule has 0 aromatic heterocycles. The monoisotopic (exact) mass is 281 g/mol. The molecule has 1 aliphatic heterocycles. The van der Waals surface area contributed by atoms with E-state index in [1.807, 2.05) is 0 Å². The van der Waals surface area contributed by atoms with Crippen LogP contribution in [0.5, 0.6) is 0 Å². The zero-order valence-electron chi connectivity index (χ0n) is 11.3. The predicted molar refractivity (Wildman–Crippen MR) is 78.5 cm³/mol. The predicted octanol–water partition coefficient (Wildman–Crippen LogP) is 1.25. The molecule has 2 bridgehead atoms. The van der Waals surface area contributed by atoms with Gasteiger partial charge in [0.15, 0.2) is 5.11 Å². The van der Waals surface area contributed by atoms with Crippen LogP contribution in [0.15, 0.2) is 0 Å². The Morgan fingerprint density at radius 1 is 1.16 bits per heavy atom. The van der Waals surface area contributed by atoms with Gasteiger partial charge in [0.05, 0.1) is 0 Å². The Hall–Kier alpha value is -0.840. The smallest absolute Gasteiger partial charge is 0.220 e. The number of amides is 1. The van der Waals surface area contributed by atoms with E-state index < -0.39 is 0 Å². The Morgan fingerprint density at radius 2 is 1.89 bits per heavy atom. The molecule has 2 saturated carbocycles. The standard InChI is InChI=1S/C14H23N3OS/c15-13(18)10-3-5-17(6-4-10)14(19)16-12-8-9-1-2-11(12)7-9/h9-12H,1-8H2,(H2,15,18)(H,16,19)/t9-,11+,12-/m0/s1. The average molecular weight is 281 g/mol. The largest absolute Gasteiger partial charge is 0.369 e. The van der Waals surface area contributed by atoms with Crippen LogP contribution >= 0.6 is 12.2 Å². The summed E-state index contributed by atoms with van der Waals surface area (Å²) in [4.78, 5) is 13.4. The van der Waals surface area contributed by atoms with Crippen molar-refractivity contribution >= 4 is 23.2 Å². The molecule has 0 radical (unpaired) electrons. The highest BCUT2D eigenvalue weighted by molar-refractivity contribution is 7.80. The number of thiocarbonyl (C=S) groups is 1. The maximum Gasteiger partial charge on any atom is 0.220 e. The van der Waals surface area contributed by atoms with Gasteiger partial charge in [0.2, 0.25) is 5.91 Å². The number of nitrogens with two attached hydrogens (primary N) is 1. The molecule has 3 N–H and O–H groups in total. The van der Waals surface area contributed by atoms with Gasteiger partial charge in [-0.15, -0.1) is 0 Å². The lowest BCUT2D eigenvalue weighted by atomic mass is 9.95. The fourth-order valence-corrected chi connectivity index (χ4v) is 4.37. The minimum Gasteiger partial charge on any atom is -0.369 e. The Kier molecular flexibility index (Phi) is 3.65. The van der Waals surface area contributed by atoms with Crippen LogP contribution in [0.2, 0.25) is 0 Å².